The zero-order valence-corrected chi connectivity index (χ0v) is 31.7. The SMILES string of the molecule is Cc1ccccc1N(c1ccccc1)C(C)c1ccc(-c2ccc3c(-c4cccc5ccccc45)c4ccccc4c(-c4ccccc4)c3c2)c2ccccc12. The Morgan fingerprint density at radius 2 is 0.964 bits per heavy atom. The first kappa shape index (κ1) is 33.6. The zero-order valence-electron chi connectivity index (χ0n) is 31.7. The molecular weight excluding hydrogens is 675 g/mol. The highest BCUT2D eigenvalue weighted by atomic mass is 15.2. The molecule has 0 N–H and O–H groups in total. The second-order valence-corrected chi connectivity index (χ2v) is 14.9. The van der Waals surface area contributed by atoms with E-state index in [0.29, 0.717) is 0 Å². The average Bonchev–Trinajstić information content (AvgIpc) is 3.26. The molecule has 0 saturated heterocycles. The van der Waals surface area contributed by atoms with Crippen LogP contribution in [0.25, 0.3) is 76.5 Å². The van der Waals surface area contributed by atoms with E-state index in [0.717, 1.165) is 0 Å². The molecule has 0 bridgehead atoms. The fourth-order valence-electron chi connectivity index (χ4n) is 9.07. The molecule has 0 saturated carbocycles. The predicted molar refractivity (Wildman–Crippen MR) is 241 cm³/mol. The van der Waals surface area contributed by atoms with Crippen molar-refractivity contribution in [3.63, 3.8) is 0 Å². The summed E-state index contributed by atoms with van der Waals surface area (Å²) in [4.78, 5) is 2.48. The van der Waals surface area contributed by atoms with Crippen LogP contribution in [0.1, 0.15) is 24.1 Å². The van der Waals surface area contributed by atoms with Crippen LogP contribution < -0.4 is 4.90 Å². The Balaban J connectivity index is 1.21. The minimum atomic E-state index is 0.0772. The average molecular weight is 716 g/mol. The van der Waals surface area contributed by atoms with Crippen LogP contribution >= 0.6 is 0 Å². The lowest BCUT2D eigenvalue weighted by molar-refractivity contribution is 0.778. The minimum Gasteiger partial charge on any atom is -0.334 e. The maximum Gasteiger partial charge on any atom is 0.0569 e. The minimum absolute atomic E-state index is 0.0772. The Morgan fingerprint density at radius 1 is 0.375 bits per heavy atom. The number of fused-ring (bicyclic) bond motifs is 4. The standard InChI is InChI=1S/C55H41N/c1-37-18-9-16-31-53(37)56(42-23-7-4-8-24-42)38(2)43-34-35-45(47-27-13-12-26-46(43)47)41-32-33-51-52(36-41)54(40-20-5-3-6-21-40)49-28-14-15-29-50(49)55(51)48-30-17-22-39-19-10-11-25-44(39)48/h3-36,38H,1-2H3. The zero-order chi connectivity index (χ0) is 37.6. The van der Waals surface area contributed by atoms with Gasteiger partial charge in [0.2, 0.25) is 0 Å². The quantitative estimate of drug-likeness (QED) is 0.149. The Hall–Kier alpha value is -6.96. The van der Waals surface area contributed by atoms with Crippen LogP contribution in [0.5, 0.6) is 0 Å². The molecule has 266 valence electrons. The fraction of sp³-hybridized carbons (Fsp3) is 0.0545. The van der Waals surface area contributed by atoms with Crippen molar-refractivity contribution in [2.75, 3.05) is 4.90 Å². The van der Waals surface area contributed by atoms with E-state index in [4.69, 9.17) is 0 Å². The summed E-state index contributed by atoms with van der Waals surface area (Å²) in [5, 5.41) is 10.1. The van der Waals surface area contributed by atoms with Gasteiger partial charge in [-0.15, -0.1) is 0 Å². The maximum absolute atomic E-state index is 2.48. The smallest absolute Gasteiger partial charge is 0.0569 e. The largest absolute Gasteiger partial charge is 0.334 e. The molecule has 10 aromatic carbocycles. The lowest BCUT2D eigenvalue weighted by Gasteiger charge is -2.34. The van der Waals surface area contributed by atoms with Gasteiger partial charge in [0.05, 0.1) is 6.04 Å². The molecule has 0 heterocycles. The third-order valence-electron chi connectivity index (χ3n) is 11.7. The van der Waals surface area contributed by atoms with Gasteiger partial charge in [-0.3, -0.25) is 0 Å². The lowest BCUT2D eigenvalue weighted by atomic mass is 9.83. The number of benzene rings is 10. The molecular formula is C55H41N. The van der Waals surface area contributed by atoms with Crippen molar-refractivity contribution in [2.45, 2.75) is 19.9 Å². The van der Waals surface area contributed by atoms with E-state index >= 15 is 0 Å². The van der Waals surface area contributed by atoms with Crippen molar-refractivity contribution >= 4 is 54.5 Å². The van der Waals surface area contributed by atoms with Crippen molar-refractivity contribution in [1.82, 2.24) is 0 Å². The van der Waals surface area contributed by atoms with Crippen molar-refractivity contribution < 1.29 is 0 Å². The third kappa shape index (κ3) is 5.63. The summed E-state index contributed by atoms with van der Waals surface area (Å²) in [5.74, 6) is 0. The van der Waals surface area contributed by atoms with Crippen LogP contribution in [0.15, 0.2) is 206 Å². The van der Waals surface area contributed by atoms with Gasteiger partial charge in [-0.1, -0.05) is 182 Å². The lowest BCUT2D eigenvalue weighted by Crippen LogP contribution is -2.22. The van der Waals surface area contributed by atoms with Crippen LogP contribution in [0.3, 0.4) is 0 Å². The molecule has 0 aliphatic heterocycles. The van der Waals surface area contributed by atoms with Gasteiger partial charge in [-0.05, 0) is 126 Å². The molecule has 10 rings (SSSR count). The summed E-state index contributed by atoms with van der Waals surface area (Å²) in [5.41, 5.74) is 12.4. The third-order valence-corrected chi connectivity index (χ3v) is 11.7. The first-order chi connectivity index (χ1) is 27.7. The Bertz CT molecular complexity index is 3050. The fourth-order valence-corrected chi connectivity index (χ4v) is 9.07. The van der Waals surface area contributed by atoms with Gasteiger partial charge in [0.1, 0.15) is 0 Å². The summed E-state index contributed by atoms with van der Waals surface area (Å²) in [7, 11) is 0. The van der Waals surface area contributed by atoms with Gasteiger partial charge < -0.3 is 4.90 Å². The summed E-state index contributed by atoms with van der Waals surface area (Å²) in [6.07, 6.45) is 0. The Kier molecular flexibility index (Phi) is 8.42. The molecule has 1 unspecified atom stereocenters. The van der Waals surface area contributed by atoms with E-state index in [9.17, 15) is 0 Å². The molecule has 1 nitrogen and oxygen atoms in total. The number of rotatable bonds is 7. The second kappa shape index (κ2) is 14.0. The van der Waals surface area contributed by atoms with Gasteiger partial charge in [0.25, 0.3) is 0 Å². The molecule has 0 aliphatic rings. The number of aryl methyl sites for hydroxylation is 1. The first-order valence-electron chi connectivity index (χ1n) is 19.6. The van der Waals surface area contributed by atoms with Gasteiger partial charge >= 0.3 is 0 Å². The van der Waals surface area contributed by atoms with E-state index in [1.54, 1.807) is 0 Å². The highest BCUT2D eigenvalue weighted by molar-refractivity contribution is 6.24. The van der Waals surface area contributed by atoms with Crippen molar-refractivity contribution in [3.8, 4) is 33.4 Å². The van der Waals surface area contributed by atoms with Crippen molar-refractivity contribution in [2.24, 2.45) is 0 Å². The number of hydrogen-bond acceptors (Lipinski definition) is 1. The van der Waals surface area contributed by atoms with Gasteiger partial charge in [0, 0.05) is 11.4 Å². The molecule has 0 spiro atoms. The molecule has 1 heteroatoms. The summed E-state index contributed by atoms with van der Waals surface area (Å²) < 4.78 is 0. The molecule has 0 fully saturated rings. The second-order valence-electron chi connectivity index (χ2n) is 14.9. The molecule has 1 atom stereocenters. The van der Waals surface area contributed by atoms with Crippen molar-refractivity contribution in [1.29, 1.82) is 0 Å². The number of anilines is 2. The highest BCUT2D eigenvalue weighted by Gasteiger charge is 2.23. The number of nitrogens with zero attached hydrogens (tertiary/aromatic N) is 1. The summed E-state index contributed by atoms with van der Waals surface area (Å²) >= 11 is 0. The number of para-hydroxylation sites is 2. The van der Waals surface area contributed by atoms with Gasteiger partial charge in [-0.2, -0.15) is 0 Å². The van der Waals surface area contributed by atoms with Crippen LogP contribution in [-0.4, -0.2) is 0 Å². The monoisotopic (exact) mass is 715 g/mol. The van der Waals surface area contributed by atoms with E-state index in [-0.39, 0.29) is 6.04 Å². The molecule has 0 aliphatic carbocycles. The van der Waals surface area contributed by atoms with E-state index in [2.05, 4.69) is 225 Å². The normalized spacial score (nSPS) is 12.0. The first-order valence-corrected chi connectivity index (χ1v) is 19.6. The molecule has 56 heavy (non-hydrogen) atoms. The van der Waals surface area contributed by atoms with Crippen LogP contribution in [0, 0.1) is 6.92 Å². The summed E-state index contributed by atoms with van der Waals surface area (Å²) in [6, 6.07) is 75.8. The number of hydrogen-bond donors (Lipinski definition) is 0. The summed E-state index contributed by atoms with van der Waals surface area (Å²) in [6.45, 7) is 4.54. The van der Waals surface area contributed by atoms with Crippen LogP contribution in [-0.2, 0) is 0 Å². The molecule has 0 amide bonds. The molecule has 0 aromatic heterocycles. The van der Waals surface area contributed by atoms with Crippen LogP contribution in [0.2, 0.25) is 0 Å². The predicted octanol–water partition coefficient (Wildman–Crippen LogP) is 15.5. The molecule has 10 aromatic rings. The van der Waals surface area contributed by atoms with E-state index < -0.39 is 0 Å². The van der Waals surface area contributed by atoms with E-state index in [1.165, 1.54) is 99.0 Å². The van der Waals surface area contributed by atoms with Gasteiger partial charge in [-0.25, -0.2) is 0 Å². The van der Waals surface area contributed by atoms with Gasteiger partial charge in [0.15, 0.2) is 0 Å². The molecule has 0 radical (unpaired) electrons. The Labute approximate surface area is 328 Å². The van der Waals surface area contributed by atoms with E-state index in [1.807, 2.05) is 0 Å². The Morgan fingerprint density at radius 3 is 1.73 bits per heavy atom. The van der Waals surface area contributed by atoms with Crippen molar-refractivity contribution in [3.05, 3.63) is 217 Å². The maximum atomic E-state index is 2.48. The highest BCUT2D eigenvalue weighted by Crippen LogP contribution is 2.47. The van der Waals surface area contributed by atoms with Crippen LogP contribution in [0.4, 0.5) is 11.4 Å². The topological polar surface area (TPSA) is 3.24 Å².